The summed E-state index contributed by atoms with van der Waals surface area (Å²) in [4.78, 5) is 14.5. The lowest BCUT2D eigenvalue weighted by Gasteiger charge is -2.27. The number of benzene rings is 2. The standard InChI is InChI=1S/C22H26FNO3/c1-17-5-2-3-6-18(17)15-21(25)24-13-4-11-22(26,12-14-24)16-27-20-9-7-19(23)8-10-20/h2-3,5-10,26H,4,11-16H2,1H3. The number of halogens is 1. The number of nitrogens with zero attached hydrogens (tertiary/aromatic N) is 1. The molecule has 1 aliphatic heterocycles. The molecule has 1 unspecified atom stereocenters. The van der Waals surface area contributed by atoms with Gasteiger partial charge in [-0.3, -0.25) is 4.79 Å². The van der Waals surface area contributed by atoms with Gasteiger partial charge in [0.25, 0.3) is 0 Å². The molecule has 0 bridgehead atoms. The molecular weight excluding hydrogens is 345 g/mol. The third kappa shape index (κ3) is 5.30. The van der Waals surface area contributed by atoms with Crippen molar-refractivity contribution in [2.75, 3.05) is 19.7 Å². The van der Waals surface area contributed by atoms with E-state index >= 15 is 0 Å². The lowest BCUT2D eigenvalue weighted by molar-refractivity contribution is -0.130. The van der Waals surface area contributed by atoms with E-state index in [4.69, 9.17) is 4.74 Å². The molecule has 0 aromatic heterocycles. The molecule has 1 aliphatic rings. The number of carbonyl (C=O) groups is 1. The lowest BCUT2D eigenvalue weighted by Crippen LogP contribution is -2.38. The van der Waals surface area contributed by atoms with Crippen molar-refractivity contribution in [2.45, 2.75) is 38.2 Å². The summed E-state index contributed by atoms with van der Waals surface area (Å²) in [6.07, 6.45) is 2.15. The minimum atomic E-state index is -0.980. The van der Waals surface area contributed by atoms with Crippen molar-refractivity contribution in [3.05, 3.63) is 65.5 Å². The van der Waals surface area contributed by atoms with Gasteiger partial charge >= 0.3 is 0 Å². The predicted octanol–water partition coefficient (Wildman–Crippen LogP) is 3.50. The fraction of sp³-hybridized carbons (Fsp3) is 0.409. The van der Waals surface area contributed by atoms with Crippen LogP contribution in [-0.2, 0) is 11.2 Å². The Morgan fingerprint density at radius 2 is 1.89 bits per heavy atom. The second-order valence-corrected chi connectivity index (χ2v) is 7.30. The van der Waals surface area contributed by atoms with Gasteiger partial charge in [-0.15, -0.1) is 0 Å². The van der Waals surface area contributed by atoms with Crippen LogP contribution in [0.5, 0.6) is 5.75 Å². The molecule has 0 radical (unpaired) electrons. The van der Waals surface area contributed by atoms with Crippen LogP contribution in [0.1, 0.15) is 30.4 Å². The Morgan fingerprint density at radius 3 is 2.63 bits per heavy atom. The Balaban J connectivity index is 1.55. The fourth-order valence-electron chi connectivity index (χ4n) is 3.40. The maximum atomic E-state index is 13.0. The third-order valence-corrected chi connectivity index (χ3v) is 5.19. The number of rotatable bonds is 5. The van der Waals surface area contributed by atoms with Gasteiger partial charge in [0.15, 0.2) is 0 Å². The van der Waals surface area contributed by atoms with E-state index in [1.807, 2.05) is 36.1 Å². The summed E-state index contributed by atoms with van der Waals surface area (Å²) < 4.78 is 18.6. The second-order valence-electron chi connectivity index (χ2n) is 7.30. The second kappa shape index (κ2) is 8.53. The maximum Gasteiger partial charge on any atom is 0.227 e. The van der Waals surface area contributed by atoms with E-state index in [0.717, 1.165) is 17.5 Å². The van der Waals surface area contributed by atoms with Gasteiger partial charge in [0.1, 0.15) is 23.8 Å². The molecule has 1 amide bonds. The molecule has 5 heteroatoms. The van der Waals surface area contributed by atoms with Crippen LogP contribution in [0.15, 0.2) is 48.5 Å². The van der Waals surface area contributed by atoms with Crippen LogP contribution in [0.3, 0.4) is 0 Å². The van der Waals surface area contributed by atoms with Crippen molar-refractivity contribution in [3.8, 4) is 5.75 Å². The van der Waals surface area contributed by atoms with E-state index in [-0.39, 0.29) is 18.3 Å². The SMILES string of the molecule is Cc1ccccc1CC(=O)N1CCCC(O)(COc2ccc(F)cc2)CC1. The van der Waals surface area contributed by atoms with Gasteiger partial charge in [-0.2, -0.15) is 0 Å². The Hall–Kier alpha value is -2.40. The molecule has 3 rings (SSSR count). The summed E-state index contributed by atoms with van der Waals surface area (Å²) >= 11 is 0. The Morgan fingerprint density at radius 1 is 1.15 bits per heavy atom. The average molecular weight is 371 g/mol. The number of hydrogen-bond acceptors (Lipinski definition) is 3. The molecule has 2 aromatic carbocycles. The monoisotopic (exact) mass is 371 g/mol. The summed E-state index contributed by atoms with van der Waals surface area (Å²) in [6, 6.07) is 13.7. The minimum absolute atomic E-state index is 0.0907. The predicted molar refractivity (Wildman–Crippen MR) is 102 cm³/mol. The van der Waals surface area contributed by atoms with Crippen LogP contribution in [0, 0.1) is 12.7 Å². The van der Waals surface area contributed by atoms with E-state index in [1.165, 1.54) is 12.1 Å². The number of carbonyl (C=O) groups excluding carboxylic acids is 1. The smallest absolute Gasteiger partial charge is 0.227 e. The quantitative estimate of drug-likeness (QED) is 0.875. The molecule has 0 saturated carbocycles. The van der Waals surface area contributed by atoms with Crippen LogP contribution >= 0.6 is 0 Å². The summed E-state index contributed by atoms with van der Waals surface area (Å²) in [5.74, 6) is 0.299. The highest BCUT2D eigenvalue weighted by Crippen LogP contribution is 2.25. The van der Waals surface area contributed by atoms with Gasteiger partial charge in [0.05, 0.1) is 6.42 Å². The summed E-state index contributed by atoms with van der Waals surface area (Å²) in [6.45, 7) is 3.30. The van der Waals surface area contributed by atoms with Crippen molar-refractivity contribution >= 4 is 5.91 Å². The molecule has 1 saturated heterocycles. The number of hydrogen-bond donors (Lipinski definition) is 1. The molecule has 1 heterocycles. The Bertz CT molecular complexity index is 777. The molecular formula is C22H26FNO3. The summed E-state index contributed by atoms with van der Waals surface area (Å²) in [5.41, 5.74) is 1.18. The number of aliphatic hydroxyl groups is 1. The highest BCUT2D eigenvalue weighted by molar-refractivity contribution is 5.79. The van der Waals surface area contributed by atoms with Crippen LogP contribution < -0.4 is 4.74 Å². The maximum absolute atomic E-state index is 13.0. The first-order valence-electron chi connectivity index (χ1n) is 9.38. The van der Waals surface area contributed by atoms with Crippen molar-refractivity contribution < 1.29 is 19.0 Å². The molecule has 144 valence electrons. The van der Waals surface area contributed by atoms with Gasteiger partial charge in [0, 0.05) is 13.1 Å². The molecule has 0 aliphatic carbocycles. The summed E-state index contributed by atoms with van der Waals surface area (Å²) in [5, 5.41) is 10.9. The number of ether oxygens (including phenoxy) is 1. The first-order chi connectivity index (χ1) is 13.0. The largest absolute Gasteiger partial charge is 0.491 e. The van der Waals surface area contributed by atoms with E-state index in [9.17, 15) is 14.3 Å². The van der Waals surface area contributed by atoms with E-state index < -0.39 is 5.60 Å². The van der Waals surface area contributed by atoms with Crippen molar-refractivity contribution in [1.29, 1.82) is 0 Å². The topological polar surface area (TPSA) is 49.8 Å². The minimum Gasteiger partial charge on any atom is -0.491 e. The lowest BCUT2D eigenvalue weighted by atomic mass is 9.96. The number of aryl methyl sites for hydroxylation is 1. The van der Waals surface area contributed by atoms with Gasteiger partial charge in [-0.05, 0) is 61.6 Å². The third-order valence-electron chi connectivity index (χ3n) is 5.19. The molecule has 4 nitrogen and oxygen atoms in total. The van der Waals surface area contributed by atoms with Gasteiger partial charge in [-0.1, -0.05) is 24.3 Å². The molecule has 1 fully saturated rings. The van der Waals surface area contributed by atoms with Crippen LogP contribution in [0.2, 0.25) is 0 Å². The van der Waals surface area contributed by atoms with Crippen LogP contribution in [0.25, 0.3) is 0 Å². The molecule has 1 N–H and O–H groups in total. The zero-order valence-electron chi connectivity index (χ0n) is 15.7. The fourth-order valence-corrected chi connectivity index (χ4v) is 3.40. The van der Waals surface area contributed by atoms with Crippen molar-refractivity contribution in [3.63, 3.8) is 0 Å². The Kier molecular flexibility index (Phi) is 6.11. The van der Waals surface area contributed by atoms with Gasteiger partial charge in [-0.25, -0.2) is 4.39 Å². The van der Waals surface area contributed by atoms with E-state index in [1.54, 1.807) is 12.1 Å². The number of likely N-dealkylation sites (tertiary alicyclic amines) is 1. The highest BCUT2D eigenvalue weighted by atomic mass is 19.1. The van der Waals surface area contributed by atoms with Crippen LogP contribution in [-0.4, -0.2) is 41.2 Å². The van der Waals surface area contributed by atoms with Gasteiger partial charge < -0.3 is 14.7 Å². The van der Waals surface area contributed by atoms with Gasteiger partial charge in [0.2, 0.25) is 5.91 Å². The normalized spacial score (nSPS) is 20.2. The Labute approximate surface area is 159 Å². The summed E-state index contributed by atoms with van der Waals surface area (Å²) in [7, 11) is 0. The van der Waals surface area contributed by atoms with E-state index in [0.29, 0.717) is 38.1 Å². The molecule has 27 heavy (non-hydrogen) atoms. The van der Waals surface area contributed by atoms with Crippen molar-refractivity contribution in [1.82, 2.24) is 4.90 Å². The molecule has 1 atom stereocenters. The molecule has 2 aromatic rings. The van der Waals surface area contributed by atoms with E-state index in [2.05, 4.69) is 0 Å². The highest BCUT2D eigenvalue weighted by Gasteiger charge is 2.32. The van der Waals surface area contributed by atoms with Crippen molar-refractivity contribution in [2.24, 2.45) is 0 Å². The first kappa shape index (κ1) is 19.4. The first-order valence-corrected chi connectivity index (χ1v) is 9.38. The van der Waals surface area contributed by atoms with Crippen LogP contribution in [0.4, 0.5) is 4.39 Å². The zero-order chi connectivity index (χ0) is 19.3. The zero-order valence-corrected chi connectivity index (χ0v) is 15.7. The average Bonchev–Trinajstić information content (AvgIpc) is 2.85. The molecule has 0 spiro atoms. The number of amides is 1.